The van der Waals surface area contributed by atoms with Gasteiger partial charge in [0.25, 0.3) is 0 Å². The molecule has 30 heavy (non-hydrogen) atoms. The Labute approximate surface area is 175 Å². The van der Waals surface area contributed by atoms with Crippen molar-refractivity contribution in [2.75, 3.05) is 27.7 Å². The zero-order valence-electron chi connectivity index (χ0n) is 17.5. The lowest BCUT2D eigenvalue weighted by atomic mass is 10.1. The van der Waals surface area contributed by atoms with E-state index in [-0.39, 0.29) is 17.3 Å². The zero-order chi connectivity index (χ0) is 22.1. The number of methoxy groups -OCH3 is 1. The molecule has 3 rings (SSSR count). The van der Waals surface area contributed by atoms with Crippen LogP contribution in [-0.4, -0.2) is 50.0 Å². The molecule has 0 atom stereocenters. The summed E-state index contributed by atoms with van der Waals surface area (Å²) < 4.78 is 47.8. The Bertz CT molecular complexity index is 1220. The second-order valence-electron chi connectivity index (χ2n) is 7.02. The van der Waals surface area contributed by atoms with E-state index in [2.05, 4.69) is 10.7 Å². The van der Waals surface area contributed by atoms with Gasteiger partial charge in [0.2, 0.25) is 15.9 Å². The fourth-order valence-corrected chi connectivity index (χ4v) is 4.33. The highest BCUT2D eigenvalue weighted by atomic mass is 32.2. The summed E-state index contributed by atoms with van der Waals surface area (Å²) in [6.45, 7) is 2.27. The van der Waals surface area contributed by atoms with Gasteiger partial charge < -0.3 is 15.0 Å². The molecule has 0 spiro atoms. The van der Waals surface area contributed by atoms with E-state index in [1.807, 2.05) is 23.6 Å². The molecule has 1 aromatic carbocycles. The van der Waals surface area contributed by atoms with Crippen molar-refractivity contribution in [2.45, 2.75) is 18.4 Å². The molecule has 0 saturated carbocycles. The van der Waals surface area contributed by atoms with Crippen LogP contribution in [0.4, 0.5) is 4.39 Å². The number of hydrogen-bond acceptors (Lipinski definition) is 4. The fraction of sp³-hybridized carbons (Fsp3) is 0.286. The van der Waals surface area contributed by atoms with E-state index in [0.29, 0.717) is 23.5 Å². The molecular formula is C21H26FN4O3S+. The van der Waals surface area contributed by atoms with Crippen LogP contribution in [0.3, 0.4) is 0 Å². The Kier molecular flexibility index (Phi) is 6.25. The normalized spacial score (nSPS) is 12.7. The molecule has 0 aliphatic carbocycles. The molecule has 3 N–H and O–H groups in total. The van der Waals surface area contributed by atoms with Crippen LogP contribution in [0.25, 0.3) is 22.2 Å². The third kappa shape index (κ3) is 3.96. The minimum atomic E-state index is -3.60. The number of hydrogen-bond donors (Lipinski definition) is 1. The number of quaternary nitrogens is 1. The first kappa shape index (κ1) is 21.9. The Morgan fingerprint density at radius 1 is 1.30 bits per heavy atom. The van der Waals surface area contributed by atoms with Crippen LogP contribution in [0.15, 0.2) is 53.2 Å². The second-order valence-corrected chi connectivity index (χ2v) is 9.17. The number of aromatic nitrogens is 2. The van der Waals surface area contributed by atoms with Crippen molar-refractivity contribution in [1.82, 2.24) is 13.9 Å². The number of rotatable bonds is 7. The standard InChI is InChI=1S/C21H25FN4O3S/c1-14-20(15-6-5-7-17(12-15)30(27,28)25(2)3)21-18(8-9-19(24-21)29-4)26(14)13-16(22)10-11-23/h5-10,12H,11,13,23H2,1-4H3/p+1. The number of ether oxygens (including phenoxy) is 1. The Morgan fingerprint density at radius 3 is 2.67 bits per heavy atom. The topological polar surface area (TPSA) is 92.1 Å². The first-order valence-corrected chi connectivity index (χ1v) is 10.8. The van der Waals surface area contributed by atoms with Crippen LogP contribution < -0.4 is 10.5 Å². The highest BCUT2D eigenvalue weighted by Crippen LogP contribution is 2.36. The van der Waals surface area contributed by atoms with Crippen LogP contribution in [-0.2, 0) is 16.6 Å². The van der Waals surface area contributed by atoms with Crippen molar-refractivity contribution in [3.05, 3.63) is 54.0 Å². The minimum absolute atomic E-state index is 0.0432. The number of halogens is 1. The van der Waals surface area contributed by atoms with Crippen LogP contribution in [0.1, 0.15) is 5.69 Å². The predicted molar refractivity (Wildman–Crippen MR) is 114 cm³/mol. The van der Waals surface area contributed by atoms with E-state index in [4.69, 9.17) is 4.74 Å². The second kappa shape index (κ2) is 8.55. The van der Waals surface area contributed by atoms with Gasteiger partial charge in [-0.05, 0) is 30.7 Å². The van der Waals surface area contributed by atoms with E-state index in [1.54, 1.807) is 24.3 Å². The minimum Gasteiger partial charge on any atom is -0.481 e. The largest absolute Gasteiger partial charge is 0.481 e. The summed E-state index contributed by atoms with van der Waals surface area (Å²) in [7, 11) is 0.905. The van der Waals surface area contributed by atoms with Gasteiger partial charge in [0.15, 0.2) is 0 Å². The predicted octanol–water partition coefficient (Wildman–Crippen LogP) is 2.37. The van der Waals surface area contributed by atoms with Gasteiger partial charge in [-0.3, -0.25) is 0 Å². The van der Waals surface area contributed by atoms with Crippen molar-refractivity contribution in [1.29, 1.82) is 0 Å². The summed E-state index contributed by atoms with van der Waals surface area (Å²) in [6.07, 6.45) is 1.44. The lowest BCUT2D eigenvalue weighted by Crippen LogP contribution is -2.49. The molecule has 160 valence electrons. The molecule has 0 aliphatic heterocycles. The number of nitrogens with zero attached hydrogens (tertiary/aromatic N) is 3. The van der Waals surface area contributed by atoms with Crippen LogP contribution >= 0.6 is 0 Å². The third-order valence-corrected chi connectivity index (χ3v) is 6.74. The fourth-order valence-electron chi connectivity index (χ4n) is 3.38. The smallest absolute Gasteiger partial charge is 0.242 e. The van der Waals surface area contributed by atoms with Gasteiger partial charge in [-0.2, -0.15) is 0 Å². The summed E-state index contributed by atoms with van der Waals surface area (Å²) in [4.78, 5) is 4.75. The summed E-state index contributed by atoms with van der Waals surface area (Å²) in [5.41, 5.74) is 7.21. The maximum atomic E-state index is 14.3. The van der Waals surface area contributed by atoms with Crippen molar-refractivity contribution in [2.24, 2.45) is 0 Å². The number of fused-ring (bicyclic) bond motifs is 1. The van der Waals surface area contributed by atoms with E-state index in [1.165, 1.54) is 31.6 Å². The Hall–Kier alpha value is -2.75. The number of sulfonamides is 1. The molecule has 0 amide bonds. The van der Waals surface area contributed by atoms with Gasteiger partial charge in [0, 0.05) is 37.5 Å². The molecule has 3 aromatic rings. The molecule has 0 aliphatic rings. The monoisotopic (exact) mass is 433 g/mol. The highest BCUT2D eigenvalue weighted by molar-refractivity contribution is 7.89. The molecule has 0 fully saturated rings. The van der Waals surface area contributed by atoms with Crippen LogP contribution in [0.5, 0.6) is 5.88 Å². The van der Waals surface area contributed by atoms with Gasteiger partial charge in [-0.1, -0.05) is 12.1 Å². The van der Waals surface area contributed by atoms with E-state index >= 15 is 0 Å². The van der Waals surface area contributed by atoms with Gasteiger partial charge in [0.1, 0.15) is 11.3 Å². The van der Waals surface area contributed by atoms with Crippen molar-refractivity contribution < 1.29 is 23.3 Å². The first-order valence-electron chi connectivity index (χ1n) is 9.41. The summed E-state index contributed by atoms with van der Waals surface area (Å²) in [5.74, 6) is 0.128. The van der Waals surface area contributed by atoms with Crippen molar-refractivity contribution in [3.63, 3.8) is 0 Å². The molecule has 0 bridgehead atoms. The zero-order valence-corrected chi connectivity index (χ0v) is 18.3. The molecule has 2 heterocycles. The average Bonchev–Trinajstić information content (AvgIpc) is 2.98. The third-order valence-electron chi connectivity index (χ3n) is 4.93. The van der Waals surface area contributed by atoms with Crippen molar-refractivity contribution >= 4 is 21.1 Å². The highest BCUT2D eigenvalue weighted by Gasteiger charge is 2.22. The molecular weight excluding hydrogens is 407 g/mol. The quantitative estimate of drug-likeness (QED) is 0.619. The molecule has 9 heteroatoms. The summed E-state index contributed by atoms with van der Waals surface area (Å²) in [6, 6.07) is 10.2. The molecule has 0 saturated heterocycles. The molecule has 7 nitrogen and oxygen atoms in total. The molecule has 0 radical (unpaired) electrons. The molecule has 0 unspecified atom stereocenters. The lowest BCUT2D eigenvalue weighted by Gasteiger charge is -2.12. The van der Waals surface area contributed by atoms with E-state index in [0.717, 1.165) is 16.8 Å². The van der Waals surface area contributed by atoms with Crippen LogP contribution in [0, 0.1) is 6.92 Å². The number of benzene rings is 1. The Balaban J connectivity index is 2.28. The van der Waals surface area contributed by atoms with Gasteiger partial charge in [-0.15, -0.1) is 0 Å². The van der Waals surface area contributed by atoms with E-state index < -0.39 is 10.0 Å². The van der Waals surface area contributed by atoms with Gasteiger partial charge in [0.05, 0.1) is 30.6 Å². The average molecular weight is 434 g/mol. The Morgan fingerprint density at radius 2 is 2.03 bits per heavy atom. The number of allylic oxidation sites excluding steroid dienone is 1. The molecule has 2 aromatic heterocycles. The lowest BCUT2D eigenvalue weighted by molar-refractivity contribution is -0.353. The van der Waals surface area contributed by atoms with Gasteiger partial charge in [-0.25, -0.2) is 22.1 Å². The van der Waals surface area contributed by atoms with E-state index in [9.17, 15) is 12.8 Å². The first-order chi connectivity index (χ1) is 14.2. The maximum absolute atomic E-state index is 14.3. The SMILES string of the molecule is COc1ccc2c(n1)c(-c1cccc(S(=O)(=O)N(C)C)c1)c(C)n2CC(F)=CC[NH3+]. The van der Waals surface area contributed by atoms with Crippen LogP contribution in [0.2, 0.25) is 0 Å². The summed E-state index contributed by atoms with van der Waals surface area (Å²) in [5, 5.41) is 0. The summed E-state index contributed by atoms with van der Waals surface area (Å²) >= 11 is 0. The van der Waals surface area contributed by atoms with Crippen molar-refractivity contribution in [3.8, 4) is 17.0 Å². The maximum Gasteiger partial charge on any atom is 0.242 e. The number of pyridine rings is 1. The van der Waals surface area contributed by atoms with Gasteiger partial charge >= 0.3 is 0 Å².